The van der Waals surface area contributed by atoms with E-state index in [1.807, 2.05) is 20.8 Å². The van der Waals surface area contributed by atoms with Gasteiger partial charge in [0.2, 0.25) is 0 Å². The van der Waals surface area contributed by atoms with E-state index in [0.29, 0.717) is 18.9 Å². The van der Waals surface area contributed by atoms with Gasteiger partial charge in [-0.3, -0.25) is 0 Å². The first kappa shape index (κ1) is 17.5. The number of rotatable bonds is 5. The molecule has 1 unspecified atom stereocenters. The maximum Gasteiger partial charge on any atom is 0.407 e. The number of carbonyl (C=O) groups is 1. The first-order chi connectivity index (χ1) is 9.71. The lowest BCUT2D eigenvalue weighted by molar-refractivity contribution is 0.0506. The molecule has 118 valence electrons. The Kier molecular flexibility index (Phi) is 6.21. The largest absolute Gasteiger partial charge is 0.444 e. The molecular formula is C17H28N2O2. The molecule has 0 aliphatic rings. The Bertz CT molecular complexity index is 447. The Hall–Kier alpha value is -1.55. The van der Waals surface area contributed by atoms with Crippen molar-refractivity contribution in [3.05, 3.63) is 35.4 Å². The lowest BCUT2D eigenvalue weighted by Gasteiger charge is -2.23. The standard InChI is InChI=1S/C17H28N2O2/c1-12(2)14-8-6-13(7-9-14)10-15(11-18)19-16(20)21-17(3,4)5/h6-9,12,15H,10-11,18H2,1-5H3,(H,19,20). The minimum atomic E-state index is -0.498. The number of amides is 1. The number of nitrogens with two attached hydrogens (primary N) is 1. The summed E-state index contributed by atoms with van der Waals surface area (Å²) in [6.45, 7) is 10.2. The number of hydrogen-bond acceptors (Lipinski definition) is 3. The molecule has 1 aromatic carbocycles. The molecule has 0 spiro atoms. The van der Waals surface area contributed by atoms with Gasteiger partial charge in [-0.25, -0.2) is 4.79 Å². The van der Waals surface area contributed by atoms with Crippen molar-refractivity contribution in [1.82, 2.24) is 5.32 Å². The molecule has 0 radical (unpaired) electrons. The van der Waals surface area contributed by atoms with E-state index in [-0.39, 0.29) is 6.04 Å². The van der Waals surface area contributed by atoms with Gasteiger partial charge in [0, 0.05) is 12.6 Å². The second-order valence-corrected chi connectivity index (χ2v) is 6.68. The van der Waals surface area contributed by atoms with Crippen LogP contribution in [0.5, 0.6) is 0 Å². The average molecular weight is 292 g/mol. The number of nitrogens with one attached hydrogen (secondary N) is 1. The van der Waals surface area contributed by atoms with Crippen LogP contribution < -0.4 is 11.1 Å². The summed E-state index contributed by atoms with van der Waals surface area (Å²) in [5, 5.41) is 2.82. The summed E-state index contributed by atoms with van der Waals surface area (Å²) < 4.78 is 5.25. The van der Waals surface area contributed by atoms with Gasteiger partial charge in [0.15, 0.2) is 0 Å². The first-order valence-electron chi connectivity index (χ1n) is 7.49. The van der Waals surface area contributed by atoms with Crippen LogP contribution in [0, 0.1) is 0 Å². The Balaban J connectivity index is 2.59. The molecule has 0 aliphatic heterocycles. The molecule has 4 nitrogen and oxygen atoms in total. The molecule has 0 fully saturated rings. The smallest absolute Gasteiger partial charge is 0.407 e. The number of carbonyl (C=O) groups excluding carboxylic acids is 1. The van der Waals surface area contributed by atoms with E-state index in [4.69, 9.17) is 10.5 Å². The van der Waals surface area contributed by atoms with Crippen LogP contribution >= 0.6 is 0 Å². The van der Waals surface area contributed by atoms with Gasteiger partial charge < -0.3 is 15.8 Å². The van der Waals surface area contributed by atoms with Crippen LogP contribution in [-0.2, 0) is 11.2 Å². The highest BCUT2D eigenvalue weighted by molar-refractivity contribution is 5.68. The van der Waals surface area contributed by atoms with Crippen molar-refractivity contribution in [2.45, 2.75) is 58.6 Å². The van der Waals surface area contributed by atoms with Crippen molar-refractivity contribution in [2.75, 3.05) is 6.54 Å². The monoisotopic (exact) mass is 292 g/mol. The van der Waals surface area contributed by atoms with E-state index in [9.17, 15) is 4.79 Å². The minimum absolute atomic E-state index is 0.121. The van der Waals surface area contributed by atoms with E-state index in [0.717, 1.165) is 5.56 Å². The van der Waals surface area contributed by atoms with Crippen molar-refractivity contribution in [3.8, 4) is 0 Å². The molecule has 0 aromatic heterocycles. The van der Waals surface area contributed by atoms with Gasteiger partial charge in [-0.05, 0) is 44.2 Å². The summed E-state index contributed by atoms with van der Waals surface area (Å²) in [5.74, 6) is 0.518. The van der Waals surface area contributed by atoms with E-state index < -0.39 is 11.7 Å². The Morgan fingerprint density at radius 3 is 2.24 bits per heavy atom. The van der Waals surface area contributed by atoms with Gasteiger partial charge in [-0.15, -0.1) is 0 Å². The zero-order valence-corrected chi connectivity index (χ0v) is 13.8. The molecule has 1 rings (SSSR count). The van der Waals surface area contributed by atoms with Crippen LogP contribution in [0.25, 0.3) is 0 Å². The third-order valence-electron chi connectivity index (χ3n) is 3.13. The summed E-state index contributed by atoms with van der Waals surface area (Å²) in [6, 6.07) is 8.32. The van der Waals surface area contributed by atoms with E-state index in [1.54, 1.807) is 0 Å². The predicted octanol–water partition coefficient (Wildman–Crippen LogP) is 3.20. The number of ether oxygens (including phenoxy) is 1. The SMILES string of the molecule is CC(C)c1ccc(CC(CN)NC(=O)OC(C)(C)C)cc1. The third-order valence-corrected chi connectivity index (χ3v) is 3.13. The fourth-order valence-electron chi connectivity index (χ4n) is 1.99. The van der Waals surface area contributed by atoms with Gasteiger partial charge in [0.1, 0.15) is 5.60 Å². The molecular weight excluding hydrogens is 264 g/mol. The molecule has 0 aliphatic carbocycles. The maximum atomic E-state index is 11.8. The maximum absolute atomic E-state index is 11.8. The lowest BCUT2D eigenvalue weighted by atomic mass is 9.99. The molecule has 1 amide bonds. The van der Waals surface area contributed by atoms with E-state index in [2.05, 4.69) is 43.4 Å². The minimum Gasteiger partial charge on any atom is -0.444 e. The van der Waals surface area contributed by atoms with E-state index >= 15 is 0 Å². The van der Waals surface area contributed by atoms with Crippen molar-refractivity contribution in [2.24, 2.45) is 5.73 Å². The summed E-state index contributed by atoms with van der Waals surface area (Å²) in [6.07, 6.45) is 0.283. The highest BCUT2D eigenvalue weighted by atomic mass is 16.6. The first-order valence-corrected chi connectivity index (χ1v) is 7.49. The van der Waals surface area contributed by atoms with Crippen molar-refractivity contribution < 1.29 is 9.53 Å². The summed E-state index contributed by atoms with van der Waals surface area (Å²) >= 11 is 0. The fraction of sp³-hybridized carbons (Fsp3) is 0.588. The summed E-state index contributed by atoms with van der Waals surface area (Å²) in [7, 11) is 0. The second-order valence-electron chi connectivity index (χ2n) is 6.68. The quantitative estimate of drug-likeness (QED) is 0.876. The van der Waals surface area contributed by atoms with Crippen LogP contribution in [-0.4, -0.2) is 24.3 Å². The Labute approximate surface area is 128 Å². The van der Waals surface area contributed by atoms with Gasteiger partial charge in [0.25, 0.3) is 0 Å². The van der Waals surface area contributed by atoms with Crippen LogP contribution in [0.2, 0.25) is 0 Å². The number of hydrogen-bond donors (Lipinski definition) is 2. The Morgan fingerprint density at radius 2 is 1.81 bits per heavy atom. The average Bonchev–Trinajstić information content (AvgIpc) is 2.36. The van der Waals surface area contributed by atoms with E-state index in [1.165, 1.54) is 5.56 Å². The van der Waals surface area contributed by atoms with Crippen LogP contribution in [0.4, 0.5) is 4.79 Å². The van der Waals surface area contributed by atoms with Gasteiger partial charge in [-0.1, -0.05) is 38.1 Å². The van der Waals surface area contributed by atoms with Crippen LogP contribution in [0.15, 0.2) is 24.3 Å². The molecule has 0 bridgehead atoms. The molecule has 1 atom stereocenters. The lowest BCUT2D eigenvalue weighted by Crippen LogP contribution is -2.44. The molecule has 0 saturated carbocycles. The zero-order valence-electron chi connectivity index (χ0n) is 13.8. The van der Waals surface area contributed by atoms with Gasteiger partial charge in [-0.2, -0.15) is 0 Å². The van der Waals surface area contributed by atoms with Gasteiger partial charge in [0.05, 0.1) is 0 Å². The second kappa shape index (κ2) is 7.46. The molecule has 21 heavy (non-hydrogen) atoms. The number of alkyl carbamates (subject to hydrolysis) is 1. The normalized spacial score (nSPS) is 13.1. The van der Waals surface area contributed by atoms with Crippen molar-refractivity contribution in [3.63, 3.8) is 0 Å². The highest BCUT2D eigenvalue weighted by Gasteiger charge is 2.19. The van der Waals surface area contributed by atoms with Crippen LogP contribution in [0.1, 0.15) is 51.7 Å². The van der Waals surface area contributed by atoms with Crippen molar-refractivity contribution in [1.29, 1.82) is 0 Å². The number of benzene rings is 1. The zero-order chi connectivity index (χ0) is 16.0. The topological polar surface area (TPSA) is 64.3 Å². The van der Waals surface area contributed by atoms with Gasteiger partial charge >= 0.3 is 6.09 Å². The molecule has 4 heteroatoms. The fourth-order valence-corrected chi connectivity index (χ4v) is 1.99. The highest BCUT2D eigenvalue weighted by Crippen LogP contribution is 2.15. The third kappa shape index (κ3) is 6.63. The summed E-state index contributed by atoms with van der Waals surface area (Å²) in [4.78, 5) is 11.8. The van der Waals surface area contributed by atoms with Crippen molar-refractivity contribution >= 4 is 6.09 Å². The molecule has 0 heterocycles. The Morgan fingerprint density at radius 1 is 1.24 bits per heavy atom. The molecule has 3 N–H and O–H groups in total. The molecule has 0 saturated heterocycles. The summed E-state index contributed by atoms with van der Waals surface area (Å²) in [5.41, 5.74) is 7.71. The van der Waals surface area contributed by atoms with Crippen LogP contribution in [0.3, 0.4) is 0 Å². The molecule has 1 aromatic rings. The predicted molar refractivity (Wildman–Crippen MR) is 86.4 cm³/mol.